The van der Waals surface area contributed by atoms with Crippen molar-refractivity contribution in [3.8, 4) is 0 Å². The summed E-state index contributed by atoms with van der Waals surface area (Å²) in [4.78, 5) is 7.71. The monoisotopic (exact) mass is 280 g/mol. The molecule has 102 valence electrons. The molecule has 3 rings (SSSR count). The van der Waals surface area contributed by atoms with E-state index >= 15 is 0 Å². The van der Waals surface area contributed by atoms with Gasteiger partial charge in [-0.3, -0.25) is 0 Å². The molecule has 3 N–H and O–H groups in total. The van der Waals surface area contributed by atoms with Gasteiger partial charge in [-0.25, -0.2) is 4.98 Å². The highest BCUT2D eigenvalue weighted by molar-refractivity contribution is 7.99. The van der Waals surface area contributed by atoms with Gasteiger partial charge in [-0.2, -0.15) is 0 Å². The molecule has 0 radical (unpaired) electrons. The van der Waals surface area contributed by atoms with Crippen LogP contribution in [0.4, 0.5) is 0 Å². The highest BCUT2D eigenvalue weighted by Crippen LogP contribution is 2.24. The van der Waals surface area contributed by atoms with Crippen molar-refractivity contribution >= 4 is 22.8 Å². The van der Waals surface area contributed by atoms with E-state index in [1.807, 2.05) is 19.1 Å². The molecule has 1 saturated heterocycles. The van der Waals surface area contributed by atoms with Crippen LogP contribution >= 0.6 is 11.8 Å². The number of benzene rings is 1. The predicted octanol–water partition coefficient (Wildman–Crippen LogP) is 1.08. The van der Waals surface area contributed by atoms with Gasteiger partial charge in [0.15, 0.2) is 5.16 Å². The van der Waals surface area contributed by atoms with Crippen molar-refractivity contribution < 1.29 is 14.9 Å². The molecular weight excluding hydrogens is 264 g/mol. The quantitative estimate of drug-likeness (QED) is 0.733. The van der Waals surface area contributed by atoms with Gasteiger partial charge < -0.3 is 19.9 Å². The summed E-state index contributed by atoms with van der Waals surface area (Å²) in [6, 6.07) is 6.06. The number of imidazole rings is 1. The Balaban J connectivity index is 1.68. The summed E-state index contributed by atoms with van der Waals surface area (Å²) in [7, 11) is 0. The summed E-state index contributed by atoms with van der Waals surface area (Å²) >= 11 is 1.49. The maximum absolute atomic E-state index is 9.69. The Morgan fingerprint density at radius 2 is 2.32 bits per heavy atom. The maximum atomic E-state index is 9.69. The second-order valence-corrected chi connectivity index (χ2v) is 5.81. The summed E-state index contributed by atoms with van der Waals surface area (Å²) in [5.41, 5.74) is 3.13. The van der Waals surface area contributed by atoms with Gasteiger partial charge in [0, 0.05) is 5.75 Å². The van der Waals surface area contributed by atoms with Crippen LogP contribution in [0.3, 0.4) is 0 Å². The molecule has 0 bridgehead atoms. The smallest absolute Gasteiger partial charge is 0.166 e. The van der Waals surface area contributed by atoms with Crippen molar-refractivity contribution in [2.75, 3.05) is 12.4 Å². The number of aromatic amines is 1. The van der Waals surface area contributed by atoms with Gasteiger partial charge in [-0.15, -0.1) is 0 Å². The van der Waals surface area contributed by atoms with Gasteiger partial charge >= 0.3 is 0 Å². The third kappa shape index (κ3) is 2.62. The SMILES string of the molecule is Cc1ccc2nc(SCC3OCC(O)C3O)[nH]c2c1. The van der Waals surface area contributed by atoms with Crippen LogP contribution in [0.2, 0.25) is 0 Å². The molecule has 0 spiro atoms. The van der Waals surface area contributed by atoms with Crippen molar-refractivity contribution in [1.82, 2.24) is 9.97 Å². The lowest BCUT2D eigenvalue weighted by atomic mass is 10.2. The van der Waals surface area contributed by atoms with Crippen LogP contribution in [0.5, 0.6) is 0 Å². The molecule has 2 heterocycles. The number of aliphatic hydroxyl groups excluding tert-OH is 2. The van der Waals surface area contributed by atoms with Gasteiger partial charge in [0.25, 0.3) is 0 Å². The molecular formula is C13H16N2O3S. The van der Waals surface area contributed by atoms with Gasteiger partial charge in [0.05, 0.1) is 23.7 Å². The fraction of sp³-hybridized carbons (Fsp3) is 0.462. The van der Waals surface area contributed by atoms with Crippen LogP contribution in [0.1, 0.15) is 5.56 Å². The van der Waals surface area contributed by atoms with E-state index in [9.17, 15) is 10.2 Å². The van der Waals surface area contributed by atoms with Gasteiger partial charge in [-0.1, -0.05) is 17.8 Å². The summed E-state index contributed by atoms with van der Waals surface area (Å²) in [6.07, 6.45) is -1.92. The molecule has 2 aromatic rings. The van der Waals surface area contributed by atoms with Crippen molar-refractivity contribution in [3.05, 3.63) is 23.8 Å². The van der Waals surface area contributed by atoms with Crippen molar-refractivity contribution in [2.24, 2.45) is 0 Å². The van der Waals surface area contributed by atoms with E-state index < -0.39 is 12.2 Å². The molecule has 1 fully saturated rings. The number of fused-ring (bicyclic) bond motifs is 1. The highest BCUT2D eigenvalue weighted by atomic mass is 32.2. The second kappa shape index (κ2) is 5.13. The van der Waals surface area contributed by atoms with Gasteiger partial charge in [0.2, 0.25) is 0 Å². The summed E-state index contributed by atoms with van der Waals surface area (Å²) in [5.74, 6) is 0.566. The second-order valence-electron chi connectivity index (χ2n) is 4.80. The third-order valence-corrected chi connectivity index (χ3v) is 4.22. The Hall–Kier alpha value is -1.08. The zero-order chi connectivity index (χ0) is 13.4. The molecule has 0 saturated carbocycles. The van der Waals surface area contributed by atoms with Crippen molar-refractivity contribution in [3.63, 3.8) is 0 Å². The molecule has 0 aliphatic carbocycles. The van der Waals surface area contributed by atoms with Crippen LogP contribution in [-0.2, 0) is 4.74 Å². The fourth-order valence-corrected chi connectivity index (χ4v) is 3.10. The molecule has 3 atom stereocenters. The number of nitrogens with zero attached hydrogens (tertiary/aromatic N) is 1. The number of ether oxygens (including phenoxy) is 1. The number of rotatable bonds is 3. The van der Waals surface area contributed by atoms with Crippen LogP contribution < -0.4 is 0 Å². The average Bonchev–Trinajstić information content (AvgIpc) is 2.92. The Labute approximate surface area is 115 Å². The molecule has 1 aliphatic rings. The van der Waals surface area contributed by atoms with Gasteiger partial charge in [-0.05, 0) is 24.6 Å². The van der Waals surface area contributed by atoms with E-state index in [2.05, 4.69) is 16.0 Å². The molecule has 5 nitrogen and oxygen atoms in total. The van der Waals surface area contributed by atoms with Crippen LogP contribution in [0, 0.1) is 6.92 Å². The largest absolute Gasteiger partial charge is 0.388 e. The minimum absolute atomic E-state index is 0.200. The van der Waals surface area contributed by atoms with Crippen molar-refractivity contribution in [2.45, 2.75) is 30.4 Å². The normalized spacial score (nSPS) is 27.2. The Morgan fingerprint density at radius 1 is 1.47 bits per heavy atom. The zero-order valence-corrected chi connectivity index (χ0v) is 11.4. The van der Waals surface area contributed by atoms with E-state index in [4.69, 9.17) is 4.74 Å². The van der Waals surface area contributed by atoms with E-state index in [1.54, 1.807) is 0 Å². The van der Waals surface area contributed by atoms with Gasteiger partial charge in [0.1, 0.15) is 12.2 Å². The number of aromatic nitrogens is 2. The van der Waals surface area contributed by atoms with E-state index in [-0.39, 0.29) is 12.7 Å². The average molecular weight is 280 g/mol. The number of nitrogens with one attached hydrogen (secondary N) is 1. The fourth-order valence-electron chi connectivity index (χ4n) is 2.14. The predicted molar refractivity (Wildman–Crippen MR) is 73.3 cm³/mol. The number of hydrogen-bond acceptors (Lipinski definition) is 5. The lowest BCUT2D eigenvalue weighted by Gasteiger charge is -2.13. The molecule has 1 aromatic heterocycles. The zero-order valence-electron chi connectivity index (χ0n) is 10.5. The Bertz CT molecular complexity index is 586. The first-order valence-electron chi connectivity index (χ1n) is 6.20. The van der Waals surface area contributed by atoms with Crippen LogP contribution in [0.15, 0.2) is 23.4 Å². The Kier molecular flexibility index (Phi) is 3.49. The minimum Gasteiger partial charge on any atom is -0.388 e. The van der Waals surface area contributed by atoms with E-state index in [1.165, 1.54) is 17.3 Å². The first-order chi connectivity index (χ1) is 9.13. The molecule has 19 heavy (non-hydrogen) atoms. The third-order valence-electron chi connectivity index (χ3n) is 3.26. The van der Waals surface area contributed by atoms with E-state index in [0.717, 1.165) is 16.2 Å². The summed E-state index contributed by atoms with van der Waals surface area (Å²) < 4.78 is 5.33. The number of aliphatic hydroxyl groups is 2. The first-order valence-corrected chi connectivity index (χ1v) is 7.19. The number of aryl methyl sites for hydroxylation is 1. The lowest BCUT2D eigenvalue weighted by molar-refractivity contribution is 0.0337. The summed E-state index contributed by atoms with van der Waals surface area (Å²) in [6.45, 7) is 2.24. The van der Waals surface area contributed by atoms with Crippen LogP contribution in [-0.4, -0.2) is 50.9 Å². The molecule has 6 heteroatoms. The lowest BCUT2D eigenvalue weighted by Crippen LogP contribution is -2.31. The Morgan fingerprint density at radius 3 is 3.05 bits per heavy atom. The summed E-state index contributed by atoms with van der Waals surface area (Å²) in [5, 5.41) is 19.9. The van der Waals surface area contributed by atoms with E-state index in [0.29, 0.717) is 5.75 Å². The molecule has 1 aromatic carbocycles. The maximum Gasteiger partial charge on any atom is 0.166 e. The molecule has 1 aliphatic heterocycles. The van der Waals surface area contributed by atoms with Crippen LogP contribution in [0.25, 0.3) is 11.0 Å². The number of hydrogen-bond donors (Lipinski definition) is 3. The minimum atomic E-state index is -0.806. The standard InChI is InChI=1S/C13H16N2O3S/c1-7-2-3-8-9(4-7)15-13(14-8)19-6-11-12(17)10(16)5-18-11/h2-4,10-12,16-17H,5-6H2,1H3,(H,14,15). The highest BCUT2D eigenvalue weighted by Gasteiger charge is 2.34. The number of thioether (sulfide) groups is 1. The number of H-pyrrole nitrogens is 1. The first kappa shape index (κ1) is 12.9. The van der Waals surface area contributed by atoms with Crippen molar-refractivity contribution in [1.29, 1.82) is 0 Å². The topological polar surface area (TPSA) is 78.4 Å². The molecule has 3 unspecified atom stereocenters. The molecule has 0 amide bonds.